The summed E-state index contributed by atoms with van der Waals surface area (Å²) < 4.78 is 0. The summed E-state index contributed by atoms with van der Waals surface area (Å²) in [6.45, 7) is 0.933. The van der Waals surface area contributed by atoms with Crippen LogP contribution < -0.4 is 10.6 Å². The number of rotatable bonds is 2. The highest BCUT2D eigenvalue weighted by Gasteiger charge is 2.21. The molecular formula is C19H20N4. The van der Waals surface area contributed by atoms with Crippen LogP contribution in [0.25, 0.3) is 22.0 Å². The number of aromatic nitrogens is 2. The molecule has 0 saturated carbocycles. The number of benzene rings is 2. The van der Waals surface area contributed by atoms with Crippen molar-refractivity contribution in [1.29, 1.82) is 0 Å². The summed E-state index contributed by atoms with van der Waals surface area (Å²) in [5, 5.41) is 2.46. The van der Waals surface area contributed by atoms with Gasteiger partial charge < -0.3 is 10.6 Å². The first-order valence-electron chi connectivity index (χ1n) is 8.16. The molecule has 0 aliphatic carbocycles. The smallest absolute Gasteiger partial charge is 0.227 e. The molecule has 1 atom stereocenters. The van der Waals surface area contributed by atoms with E-state index in [0.29, 0.717) is 0 Å². The molecule has 1 fully saturated rings. The zero-order valence-corrected chi connectivity index (χ0v) is 13.0. The third-order valence-corrected chi connectivity index (χ3v) is 4.49. The van der Waals surface area contributed by atoms with Crippen LogP contribution in [0, 0.1) is 0 Å². The van der Waals surface area contributed by atoms with Crippen LogP contribution in [0.2, 0.25) is 0 Å². The molecule has 2 aromatic carbocycles. The Morgan fingerprint density at radius 1 is 1.00 bits per heavy atom. The van der Waals surface area contributed by atoms with Gasteiger partial charge in [-0.05, 0) is 42.2 Å². The van der Waals surface area contributed by atoms with E-state index in [1.807, 2.05) is 12.3 Å². The number of anilines is 1. The van der Waals surface area contributed by atoms with Crippen molar-refractivity contribution in [3.8, 4) is 11.3 Å². The van der Waals surface area contributed by atoms with Crippen LogP contribution in [-0.4, -0.2) is 22.7 Å². The highest BCUT2D eigenvalue weighted by molar-refractivity contribution is 5.86. The maximum atomic E-state index is 6.22. The molecule has 2 N–H and O–H groups in total. The Morgan fingerprint density at radius 2 is 1.87 bits per heavy atom. The lowest BCUT2D eigenvalue weighted by molar-refractivity contribution is 0.463. The maximum absolute atomic E-state index is 6.22. The number of hydrogen-bond acceptors (Lipinski definition) is 4. The van der Waals surface area contributed by atoms with Crippen molar-refractivity contribution in [3.05, 3.63) is 54.7 Å². The van der Waals surface area contributed by atoms with Crippen LogP contribution in [-0.2, 0) is 0 Å². The molecule has 116 valence electrons. The van der Waals surface area contributed by atoms with Gasteiger partial charge in [-0.25, -0.2) is 9.97 Å². The fourth-order valence-corrected chi connectivity index (χ4v) is 3.20. The zero-order valence-electron chi connectivity index (χ0n) is 13.0. The molecule has 0 bridgehead atoms. The molecule has 1 aliphatic heterocycles. The maximum Gasteiger partial charge on any atom is 0.227 e. The first-order chi connectivity index (χ1) is 11.3. The van der Waals surface area contributed by atoms with Crippen LogP contribution in [0.3, 0.4) is 0 Å². The zero-order chi connectivity index (χ0) is 15.6. The fourth-order valence-electron chi connectivity index (χ4n) is 3.20. The van der Waals surface area contributed by atoms with Crippen molar-refractivity contribution in [3.63, 3.8) is 0 Å². The molecule has 1 aliphatic rings. The van der Waals surface area contributed by atoms with Crippen molar-refractivity contribution in [2.45, 2.75) is 25.4 Å². The predicted molar refractivity (Wildman–Crippen MR) is 94.1 cm³/mol. The lowest BCUT2D eigenvalue weighted by atomic mass is 10.1. The third kappa shape index (κ3) is 2.78. The van der Waals surface area contributed by atoms with Crippen LogP contribution in [0.15, 0.2) is 54.7 Å². The molecular weight excluding hydrogens is 284 g/mol. The van der Waals surface area contributed by atoms with Crippen molar-refractivity contribution >= 4 is 16.7 Å². The van der Waals surface area contributed by atoms with E-state index in [0.717, 1.165) is 36.6 Å². The second-order valence-corrected chi connectivity index (χ2v) is 6.06. The largest absolute Gasteiger partial charge is 0.326 e. The Hall–Kier alpha value is -2.46. The van der Waals surface area contributed by atoms with Gasteiger partial charge in [0.05, 0.1) is 11.9 Å². The molecule has 4 heteroatoms. The standard InChI is InChI=1S/C19H20N4/c20-18-7-3-4-12-23(18)19-21-11-10-17(22-19)16-9-8-14-5-1-2-6-15(14)13-16/h1-2,5-6,8-11,13,18H,3-4,7,12,20H2/t18-/m0/s1. The number of nitrogens with two attached hydrogens (primary N) is 1. The Morgan fingerprint density at radius 3 is 2.74 bits per heavy atom. The normalized spacial score (nSPS) is 18.3. The third-order valence-electron chi connectivity index (χ3n) is 4.49. The molecule has 2 heterocycles. The average Bonchev–Trinajstić information content (AvgIpc) is 2.62. The van der Waals surface area contributed by atoms with Gasteiger partial charge in [0, 0.05) is 18.3 Å². The highest BCUT2D eigenvalue weighted by Crippen LogP contribution is 2.25. The summed E-state index contributed by atoms with van der Waals surface area (Å²) in [6, 6.07) is 16.8. The quantitative estimate of drug-likeness (QED) is 0.786. The summed E-state index contributed by atoms with van der Waals surface area (Å²) in [6.07, 6.45) is 5.19. The molecule has 0 unspecified atom stereocenters. The van der Waals surface area contributed by atoms with E-state index >= 15 is 0 Å². The Bertz CT molecular complexity index is 830. The van der Waals surface area contributed by atoms with Gasteiger partial charge in [-0.3, -0.25) is 0 Å². The molecule has 0 spiro atoms. The number of fused-ring (bicyclic) bond motifs is 1. The molecule has 1 saturated heterocycles. The highest BCUT2D eigenvalue weighted by atomic mass is 15.3. The summed E-state index contributed by atoms with van der Waals surface area (Å²) in [7, 11) is 0. The monoisotopic (exact) mass is 304 g/mol. The Kier molecular flexibility index (Phi) is 3.67. The SMILES string of the molecule is N[C@@H]1CCCCN1c1nccc(-c2ccc3ccccc3c2)n1. The van der Waals surface area contributed by atoms with Gasteiger partial charge in [0.25, 0.3) is 0 Å². The van der Waals surface area contributed by atoms with E-state index in [9.17, 15) is 0 Å². The van der Waals surface area contributed by atoms with E-state index in [2.05, 4.69) is 52.3 Å². The summed E-state index contributed by atoms with van der Waals surface area (Å²) >= 11 is 0. The molecule has 1 aromatic heterocycles. The fraction of sp³-hybridized carbons (Fsp3) is 0.263. The first-order valence-corrected chi connectivity index (χ1v) is 8.16. The van der Waals surface area contributed by atoms with E-state index in [-0.39, 0.29) is 6.17 Å². The molecule has 0 amide bonds. The minimum atomic E-state index is 0.0237. The van der Waals surface area contributed by atoms with Crippen molar-refractivity contribution < 1.29 is 0 Å². The Balaban J connectivity index is 1.72. The molecule has 4 rings (SSSR count). The van der Waals surface area contributed by atoms with Gasteiger partial charge in [0.15, 0.2) is 0 Å². The van der Waals surface area contributed by atoms with Gasteiger partial charge >= 0.3 is 0 Å². The summed E-state index contributed by atoms with van der Waals surface area (Å²) in [5.41, 5.74) is 8.27. The first kappa shape index (κ1) is 14.2. The van der Waals surface area contributed by atoms with Gasteiger partial charge in [0.1, 0.15) is 0 Å². The minimum Gasteiger partial charge on any atom is -0.326 e. The molecule has 0 radical (unpaired) electrons. The Labute approximate surface area is 136 Å². The van der Waals surface area contributed by atoms with Gasteiger partial charge in [-0.15, -0.1) is 0 Å². The van der Waals surface area contributed by atoms with Crippen molar-refractivity contribution in [2.75, 3.05) is 11.4 Å². The summed E-state index contributed by atoms with van der Waals surface area (Å²) in [5.74, 6) is 0.739. The van der Waals surface area contributed by atoms with Crippen molar-refractivity contribution in [1.82, 2.24) is 9.97 Å². The van der Waals surface area contributed by atoms with Gasteiger partial charge in [-0.2, -0.15) is 0 Å². The molecule has 3 aromatic rings. The molecule has 4 nitrogen and oxygen atoms in total. The minimum absolute atomic E-state index is 0.0237. The average molecular weight is 304 g/mol. The van der Waals surface area contributed by atoms with E-state index in [1.165, 1.54) is 17.2 Å². The van der Waals surface area contributed by atoms with Gasteiger partial charge in [0.2, 0.25) is 5.95 Å². The van der Waals surface area contributed by atoms with Crippen LogP contribution in [0.1, 0.15) is 19.3 Å². The van der Waals surface area contributed by atoms with E-state index < -0.39 is 0 Å². The van der Waals surface area contributed by atoms with Crippen LogP contribution in [0.4, 0.5) is 5.95 Å². The number of hydrogen-bond donors (Lipinski definition) is 1. The van der Waals surface area contributed by atoms with E-state index in [1.54, 1.807) is 0 Å². The number of piperidine rings is 1. The molecule has 23 heavy (non-hydrogen) atoms. The topological polar surface area (TPSA) is 55.0 Å². The van der Waals surface area contributed by atoms with Gasteiger partial charge in [-0.1, -0.05) is 36.4 Å². The van der Waals surface area contributed by atoms with E-state index in [4.69, 9.17) is 10.7 Å². The second-order valence-electron chi connectivity index (χ2n) is 6.06. The van der Waals surface area contributed by atoms with Crippen LogP contribution >= 0.6 is 0 Å². The predicted octanol–water partition coefficient (Wildman–Crippen LogP) is 3.57. The lowest BCUT2D eigenvalue weighted by Crippen LogP contribution is -2.46. The summed E-state index contributed by atoms with van der Waals surface area (Å²) in [4.78, 5) is 11.3. The second kappa shape index (κ2) is 5.97. The lowest BCUT2D eigenvalue weighted by Gasteiger charge is -2.33. The van der Waals surface area contributed by atoms with Crippen LogP contribution in [0.5, 0.6) is 0 Å². The number of nitrogens with zero attached hydrogens (tertiary/aromatic N) is 3. The van der Waals surface area contributed by atoms with Crippen molar-refractivity contribution in [2.24, 2.45) is 5.73 Å².